The molecule has 0 saturated heterocycles. The Morgan fingerprint density at radius 1 is 1.07 bits per heavy atom. The van der Waals surface area contributed by atoms with Crippen molar-refractivity contribution in [1.29, 1.82) is 0 Å². The van der Waals surface area contributed by atoms with Crippen LogP contribution in [0.4, 0.5) is 5.82 Å². The summed E-state index contributed by atoms with van der Waals surface area (Å²) in [6, 6.07) is 19.7. The van der Waals surface area contributed by atoms with Crippen LogP contribution in [-0.2, 0) is 10.5 Å². The molecule has 2 aromatic carbocycles. The number of thioether (sulfide) groups is 1. The van der Waals surface area contributed by atoms with E-state index < -0.39 is 0 Å². The van der Waals surface area contributed by atoms with Gasteiger partial charge in [-0.05, 0) is 17.7 Å². The summed E-state index contributed by atoms with van der Waals surface area (Å²) in [5, 5.41) is 3.55. The van der Waals surface area contributed by atoms with Gasteiger partial charge in [0.15, 0.2) is 5.16 Å². The van der Waals surface area contributed by atoms with Crippen molar-refractivity contribution in [2.45, 2.75) is 10.9 Å². The van der Waals surface area contributed by atoms with E-state index in [1.807, 2.05) is 79.7 Å². The highest BCUT2D eigenvalue weighted by molar-refractivity contribution is 7.98. The third-order valence-corrected chi connectivity index (χ3v) is 5.29. The first kappa shape index (κ1) is 21.8. The van der Waals surface area contributed by atoms with Crippen molar-refractivity contribution in [3.8, 4) is 11.3 Å². The molecule has 3 aromatic rings. The zero-order chi connectivity index (χ0) is 21.3. The molecule has 0 fully saturated rings. The van der Waals surface area contributed by atoms with Crippen molar-refractivity contribution in [2.75, 3.05) is 39.3 Å². The van der Waals surface area contributed by atoms with Gasteiger partial charge in [-0.2, -0.15) is 0 Å². The Morgan fingerprint density at radius 3 is 2.60 bits per heavy atom. The van der Waals surface area contributed by atoms with Crippen LogP contribution in [-0.4, -0.2) is 50.2 Å². The number of nitrogens with one attached hydrogen (secondary N) is 1. The maximum absolute atomic E-state index is 12.3. The zero-order valence-electron chi connectivity index (χ0n) is 17.5. The number of hydrogen-bond donors (Lipinski definition) is 1. The first-order valence-corrected chi connectivity index (χ1v) is 10.7. The molecule has 30 heavy (non-hydrogen) atoms. The highest BCUT2D eigenvalue weighted by Gasteiger charge is 2.10. The van der Waals surface area contributed by atoms with Crippen LogP contribution in [0, 0.1) is 0 Å². The Bertz CT molecular complexity index is 980. The molecular weight excluding hydrogens is 396 g/mol. The van der Waals surface area contributed by atoms with Gasteiger partial charge in [-0.15, -0.1) is 0 Å². The number of ether oxygens (including phenoxy) is 1. The highest BCUT2D eigenvalue weighted by Crippen LogP contribution is 2.27. The summed E-state index contributed by atoms with van der Waals surface area (Å²) in [6.45, 7) is 0.978. The van der Waals surface area contributed by atoms with Gasteiger partial charge in [0, 0.05) is 50.7 Å². The molecule has 1 N–H and O–H groups in total. The molecule has 1 heterocycles. The SMILES string of the molecule is COCCNC(=O)c1cccc(CSc2nc(-c3ccccc3)cc(N(C)C)n2)c1. The van der Waals surface area contributed by atoms with Crippen LogP contribution in [0.2, 0.25) is 0 Å². The molecule has 0 aliphatic rings. The molecule has 1 amide bonds. The van der Waals surface area contributed by atoms with Gasteiger partial charge >= 0.3 is 0 Å². The van der Waals surface area contributed by atoms with Crippen molar-refractivity contribution in [3.63, 3.8) is 0 Å². The van der Waals surface area contributed by atoms with Crippen LogP contribution in [0.5, 0.6) is 0 Å². The fraction of sp³-hybridized carbons (Fsp3) is 0.261. The van der Waals surface area contributed by atoms with E-state index in [0.717, 1.165) is 22.6 Å². The molecule has 1 aromatic heterocycles. The fourth-order valence-electron chi connectivity index (χ4n) is 2.78. The molecule has 0 unspecified atom stereocenters. The summed E-state index contributed by atoms with van der Waals surface area (Å²) < 4.78 is 4.97. The first-order valence-electron chi connectivity index (χ1n) is 9.67. The van der Waals surface area contributed by atoms with E-state index in [9.17, 15) is 4.79 Å². The number of nitrogens with zero attached hydrogens (tertiary/aromatic N) is 3. The largest absolute Gasteiger partial charge is 0.383 e. The predicted octanol–water partition coefficient (Wildman–Crippen LogP) is 3.88. The molecule has 0 bridgehead atoms. The molecule has 0 aliphatic heterocycles. The number of hydrogen-bond acceptors (Lipinski definition) is 6. The number of carbonyl (C=O) groups excluding carboxylic acids is 1. The van der Waals surface area contributed by atoms with E-state index in [4.69, 9.17) is 9.72 Å². The summed E-state index contributed by atoms with van der Waals surface area (Å²) in [5.41, 5.74) is 3.62. The molecule has 3 rings (SSSR count). The molecule has 6 nitrogen and oxygen atoms in total. The third kappa shape index (κ3) is 6.05. The summed E-state index contributed by atoms with van der Waals surface area (Å²) in [4.78, 5) is 23.6. The lowest BCUT2D eigenvalue weighted by molar-refractivity contribution is 0.0937. The normalized spacial score (nSPS) is 10.6. The van der Waals surface area contributed by atoms with E-state index >= 15 is 0 Å². The molecule has 156 valence electrons. The van der Waals surface area contributed by atoms with Gasteiger partial charge in [0.05, 0.1) is 12.3 Å². The molecule has 7 heteroatoms. The lowest BCUT2D eigenvalue weighted by Crippen LogP contribution is -2.26. The van der Waals surface area contributed by atoms with Crippen LogP contribution < -0.4 is 10.2 Å². The molecular formula is C23H26N4O2S. The number of amides is 1. The minimum atomic E-state index is -0.101. The Hall–Kier alpha value is -2.90. The van der Waals surface area contributed by atoms with E-state index in [0.29, 0.717) is 29.6 Å². The Kier molecular flexibility index (Phi) is 7.82. The number of rotatable bonds is 9. The Balaban J connectivity index is 1.75. The van der Waals surface area contributed by atoms with Crippen molar-refractivity contribution in [1.82, 2.24) is 15.3 Å². The monoisotopic (exact) mass is 422 g/mol. The van der Waals surface area contributed by atoms with Gasteiger partial charge in [0.1, 0.15) is 5.82 Å². The minimum absolute atomic E-state index is 0.101. The molecule has 0 spiro atoms. The van der Waals surface area contributed by atoms with Gasteiger partial charge in [-0.1, -0.05) is 54.2 Å². The van der Waals surface area contributed by atoms with Crippen LogP contribution in [0.15, 0.2) is 65.8 Å². The summed E-state index contributed by atoms with van der Waals surface area (Å²) in [7, 11) is 5.55. The van der Waals surface area contributed by atoms with Crippen LogP contribution >= 0.6 is 11.8 Å². The second-order valence-electron chi connectivity index (χ2n) is 6.89. The number of aromatic nitrogens is 2. The highest BCUT2D eigenvalue weighted by atomic mass is 32.2. The van der Waals surface area contributed by atoms with Gasteiger partial charge in [-0.25, -0.2) is 9.97 Å². The van der Waals surface area contributed by atoms with Crippen molar-refractivity contribution < 1.29 is 9.53 Å². The van der Waals surface area contributed by atoms with E-state index in [2.05, 4.69) is 10.3 Å². The number of methoxy groups -OCH3 is 1. The second-order valence-corrected chi connectivity index (χ2v) is 7.83. The van der Waals surface area contributed by atoms with Crippen molar-refractivity contribution in [3.05, 3.63) is 71.8 Å². The third-order valence-electron chi connectivity index (χ3n) is 4.37. The molecule has 0 atom stereocenters. The predicted molar refractivity (Wildman–Crippen MR) is 122 cm³/mol. The van der Waals surface area contributed by atoms with E-state index in [-0.39, 0.29) is 5.91 Å². The fourth-order valence-corrected chi connectivity index (χ4v) is 3.58. The first-order chi connectivity index (χ1) is 14.6. The average molecular weight is 423 g/mol. The number of anilines is 1. The van der Waals surface area contributed by atoms with Gasteiger partial charge in [-0.3, -0.25) is 4.79 Å². The lowest BCUT2D eigenvalue weighted by atomic mass is 10.1. The van der Waals surface area contributed by atoms with E-state index in [1.54, 1.807) is 18.9 Å². The van der Waals surface area contributed by atoms with Crippen molar-refractivity contribution >= 4 is 23.5 Å². The summed E-state index contributed by atoms with van der Waals surface area (Å²) in [6.07, 6.45) is 0. The van der Waals surface area contributed by atoms with Crippen LogP contribution in [0.25, 0.3) is 11.3 Å². The Morgan fingerprint density at radius 2 is 1.87 bits per heavy atom. The maximum Gasteiger partial charge on any atom is 0.251 e. The standard InChI is InChI=1S/C23H26N4O2S/c1-27(2)21-15-20(18-9-5-4-6-10-18)25-23(26-21)30-16-17-8-7-11-19(14-17)22(28)24-12-13-29-3/h4-11,14-15H,12-13,16H2,1-3H3,(H,24,28). The molecule has 0 radical (unpaired) electrons. The van der Waals surface area contributed by atoms with Crippen LogP contribution in [0.3, 0.4) is 0 Å². The van der Waals surface area contributed by atoms with Gasteiger partial charge in [0.2, 0.25) is 0 Å². The topological polar surface area (TPSA) is 67.3 Å². The molecule has 0 saturated carbocycles. The summed E-state index contributed by atoms with van der Waals surface area (Å²) >= 11 is 1.56. The smallest absolute Gasteiger partial charge is 0.251 e. The number of benzene rings is 2. The van der Waals surface area contributed by atoms with E-state index in [1.165, 1.54) is 0 Å². The van der Waals surface area contributed by atoms with Crippen molar-refractivity contribution in [2.24, 2.45) is 0 Å². The average Bonchev–Trinajstić information content (AvgIpc) is 2.78. The van der Waals surface area contributed by atoms with Crippen LogP contribution in [0.1, 0.15) is 15.9 Å². The summed E-state index contributed by atoms with van der Waals surface area (Å²) in [5.74, 6) is 1.43. The lowest BCUT2D eigenvalue weighted by Gasteiger charge is -2.14. The zero-order valence-corrected chi connectivity index (χ0v) is 18.3. The Labute approximate surface area is 181 Å². The number of carbonyl (C=O) groups is 1. The van der Waals surface area contributed by atoms with Gasteiger partial charge < -0.3 is 15.0 Å². The quantitative estimate of drug-likeness (QED) is 0.321. The molecule has 0 aliphatic carbocycles. The maximum atomic E-state index is 12.3. The van der Waals surface area contributed by atoms with Gasteiger partial charge in [0.25, 0.3) is 5.91 Å². The minimum Gasteiger partial charge on any atom is -0.383 e. The second kappa shape index (κ2) is 10.8.